The smallest absolute Gasteiger partial charge is 0.165 e. The molecule has 1 unspecified atom stereocenters. The highest BCUT2D eigenvalue weighted by molar-refractivity contribution is 6.18. The summed E-state index contributed by atoms with van der Waals surface area (Å²) in [6.45, 7) is 2.62. The lowest BCUT2D eigenvalue weighted by atomic mass is 10.2. The zero-order valence-electron chi connectivity index (χ0n) is 7.43. The van der Waals surface area contributed by atoms with Crippen molar-refractivity contribution in [2.75, 3.05) is 17.7 Å². The van der Waals surface area contributed by atoms with Gasteiger partial charge in [-0.3, -0.25) is 0 Å². The van der Waals surface area contributed by atoms with Gasteiger partial charge in [-0.05, 0) is 18.1 Å². The molecule has 1 aromatic rings. The van der Waals surface area contributed by atoms with E-state index < -0.39 is 0 Å². The van der Waals surface area contributed by atoms with Crippen molar-refractivity contribution in [3.05, 3.63) is 24.1 Å². The van der Waals surface area contributed by atoms with Crippen LogP contribution in [0.2, 0.25) is 0 Å². The second-order valence-electron chi connectivity index (χ2n) is 2.97. The van der Waals surface area contributed by atoms with Crippen LogP contribution in [0.3, 0.4) is 0 Å². The first kappa shape index (κ1) is 10.3. The molecule has 0 saturated carbocycles. The number of alkyl halides is 1. The zero-order valence-corrected chi connectivity index (χ0v) is 8.18. The third-order valence-corrected chi connectivity index (χ3v) is 2.17. The number of pyridine rings is 1. The van der Waals surface area contributed by atoms with E-state index in [1.807, 2.05) is 6.92 Å². The summed E-state index contributed by atoms with van der Waals surface area (Å²) in [7, 11) is 0. The van der Waals surface area contributed by atoms with Crippen molar-refractivity contribution in [3.8, 4) is 0 Å². The van der Waals surface area contributed by atoms with Gasteiger partial charge in [0.05, 0.1) is 0 Å². The molecule has 1 aromatic heterocycles. The maximum atomic E-state index is 13.0. The summed E-state index contributed by atoms with van der Waals surface area (Å²) >= 11 is 5.60. The fraction of sp³-hybridized carbons (Fsp3) is 0.444. The van der Waals surface area contributed by atoms with Crippen LogP contribution in [-0.2, 0) is 0 Å². The summed E-state index contributed by atoms with van der Waals surface area (Å²) in [5.74, 6) is 0.827. The average Bonchev–Trinajstić information content (AvgIpc) is 2.16. The Morgan fingerprint density at radius 2 is 2.46 bits per heavy atom. The molecule has 0 fully saturated rings. The monoisotopic (exact) mass is 202 g/mol. The minimum Gasteiger partial charge on any atom is -0.367 e. The number of rotatable bonds is 4. The van der Waals surface area contributed by atoms with Gasteiger partial charge in [-0.15, -0.1) is 11.6 Å². The normalized spacial score (nSPS) is 12.5. The van der Waals surface area contributed by atoms with Crippen LogP contribution in [0.15, 0.2) is 18.3 Å². The number of anilines is 1. The molecule has 0 aromatic carbocycles. The molecule has 0 spiro atoms. The summed E-state index contributed by atoms with van der Waals surface area (Å²) in [5, 5.41) is 2.89. The Hall–Kier alpha value is -0.830. The largest absolute Gasteiger partial charge is 0.367 e. The molecule has 0 amide bonds. The van der Waals surface area contributed by atoms with Crippen molar-refractivity contribution in [2.24, 2.45) is 5.92 Å². The first-order valence-electron chi connectivity index (χ1n) is 4.14. The van der Waals surface area contributed by atoms with Gasteiger partial charge in [0.1, 0.15) is 0 Å². The lowest BCUT2D eigenvalue weighted by Gasteiger charge is -2.09. The van der Waals surface area contributed by atoms with E-state index >= 15 is 0 Å². The Morgan fingerprint density at radius 3 is 3.08 bits per heavy atom. The van der Waals surface area contributed by atoms with Gasteiger partial charge in [0.2, 0.25) is 0 Å². The molecule has 72 valence electrons. The molecule has 0 radical (unpaired) electrons. The number of hydrogen-bond acceptors (Lipinski definition) is 2. The Bertz CT molecular complexity index is 268. The van der Waals surface area contributed by atoms with Crippen molar-refractivity contribution < 1.29 is 4.39 Å². The Labute approximate surface area is 82.1 Å². The molecule has 0 aliphatic heterocycles. The molecule has 1 N–H and O–H groups in total. The molecule has 0 aliphatic carbocycles. The third kappa shape index (κ3) is 3.19. The fourth-order valence-electron chi connectivity index (χ4n) is 0.841. The maximum Gasteiger partial charge on any atom is 0.165 e. The Morgan fingerprint density at radius 1 is 1.69 bits per heavy atom. The van der Waals surface area contributed by atoms with Crippen LogP contribution in [-0.4, -0.2) is 17.4 Å². The maximum absolute atomic E-state index is 13.0. The molecule has 1 atom stereocenters. The molecule has 0 saturated heterocycles. The van der Waals surface area contributed by atoms with Gasteiger partial charge in [-0.1, -0.05) is 6.92 Å². The van der Waals surface area contributed by atoms with E-state index in [-0.39, 0.29) is 5.82 Å². The van der Waals surface area contributed by atoms with E-state index in [1.165, 1.54) is 6.07 Å². The molecule has 1 heterocycles. The van der Waals surface area contributed by atoms with Crippen LogP contribution in [0.5, 0.6) is 0 Å². The highest BCUT2D eigenvalue weighted by Crippen LogP contribution is 2.09. The Kier molecular flexibility index (Phi) is 3.96. The van der Waals surface area contributed by atoms with Crippen LogP contribution in [0.25, 0.3) is 0 Å². The van der Waals surface area contributed by atoms with Gasteiger partial charge in [0.25, 0.3) is 0 Å². The molecular formula is C9H12ClFN2. The number of aromatic nitrogens is 1. The highest BCUT2D eigenvalue weighted by atomic mass is 35.5. The summed E-state index contributed by atoms with van der Waals surface area (Å²) in [5.41, 5.74) is 0. The SMILES string of the molecule is CC(CCl)CNc1ncccc1F. The first-order chi connectivity index (χ1) is 6.24. The topological polar surface area (TPSA) is 24.9 Å². The van der Waals surface area contributed by atoms with Crippen LogP contribution in [0.1, 0.15) is 6.92 Å². The van der Waals surface area contributed by atoms with Gasteiger partial charge >= 0.3 is 0 Å². The van der Waals surface area contributed by atoms with Gasteiger partial charge < -0.3 is 5.32 Å². The summed E-state index contributed by atoms with van der Waals surface area (Å²) in [6, 6.07) is 2.94. The average molecular weight is 203 g/mol. The van der Waals surface area contributed by atoms with E-state index in [0.29, 0.717) is 24.2 Å². The number of hydrogen-bond donors (Lipinski definition) is 1. The molecule has 4 heteroatoms. The fourth-order valence-corrected chi connectivity index (χ4v) is 0.950. The highest BCUT2D eigenvalue weighted by Gasteiger charge is 2.03. The molecule has 13 heavy (non-hydrogen) atoms. The minimum absolute atomic E-state index is 0.291. The van der Waals surface area contributed by atoms with E-state index in [9.17, 15) is 4.39 Å². The predicted molar refractivity (Wildman–Crippen MR) is 52.6 cm³/mol. The lowest BCUT2D eigenvalue weighted by molar-refractivity contribution is 0.618. The van der Waals surface area contributed by atoms with Crippen molar-refractivity contribution >= 4 is 17.4 Å². The van der Waals surface area contributed by atoms with E-state index in [2.05, 4.69) is 10.3 Å². The molecule has 1 rings (SSSR count). The van der Waals surface area contributed by atoms with Crippen molar-refractivity contribution in [3.63, 3.8) is 0 Å². The quantitative estimate of drug-likeness (QED) is 0.759. The van der Waals surface area contributed by atoms with Crippen molar-refractivity contribution in [1.29, 1.82) is 0 Å². The second-order valence-corrected chi connectivity index (χ2v) is 3.28. The lowest BCUT2D eigenvalue weighted by Crippen LogP contribution is -2.14. The number of nitrogens with one attached hydrogen (secondary N) is 1. The van der Waals surface area contributed by atoms with Crippen LogP contribution < -0.4 is 5.32 Å². The molecule has 2 nitrogen and oxygen atoms in total. The number of halogens is 2. The van der Waals surface area contributed by atoms with Crippen molar-refractivity contribution in [1.82, 2.24) is 4.98 Å². The number of nitrogens with zero attached hydrogens (tertiary/aromatic N) is 1. The first-order valence-corrected chi connectivity index (χ1v) is 4.68. The van der Waals surface area contributed by atoms with E-state index in [1.54, 1.807) is 12.3 Å². The van der Waals surface area contributed by atoms with E-state index in [4.69, 9.17) is 11.6 Å². The van der Waals surface area contributed by atoms with Crippen LogP contribution >= 0.6 is 11.6 Å². The summed E-state index contributed by atoms with van der Waals surface area (Å²) < 4.78 is 13.0. The molecular weight excluding hydrogens is 191 g/mol. The predicted octanol–water partition coefficient (Wildman–Crippen LogP) is 2.51. The van der Waals surface area contributed by atoms with Gasteiger partial charge in [-0.2, -0.15) is 0 Å². The zero-order chi connectivity index (χ0) is 9.68. The third-order valence-electron chi connectivity index (χ3n) is 1.64. The molecule has 0 bridgehead atoms. The standard InChI is InChI=1S/C9H12ClFN2/c1-7(5-10)6-13-9-8(11)3-2-4-12-9/h2-4,7H,5-6H2,1H3,(H,12,13). The summed E-state index contributed by atoms with van der Waals surface area (Å²) in [6.07, 6.45) is 1.55. The second kappa shape index (κ2) is 5.02. The van der Waals surface area contributed by atoms with Crippen LogP contribution in [0, 0.1) is 11.7 Å². The van der Waals surface area contributed by atoms with Gasteiger partial charge in [0, 0.05) is 18.6 Å². The Balaban J connectivity index is 2.50. The minimum atomic E-state index is -0.329. The van der Waals surface area contributed by atoms with Crippen LogP contribution in [0.4, 0.5) is 10.2 Å². The van der Waals surface area contributed by atoms with E-state index in [0.717, 1.165) is 0 Å². The van der Waals surface area contributed by atoms with Gasteiger partial charge in [0.15, 0.2) is 11.6 Å². The van der Waals surface area contributed by atoms with Gasteiger partial charge in [-0.25, -0.2) is 9.37 Å². The summed E-state index contributed by atoms with van der Waals surface area (Å²) in [4.78, 5) is 3.86. The molecule has 0 aliphatic rings. The van der Waals surface area contributed by atoms with Crippen molar-refractivity contribution in [2.45, 2.75) is 6.92 Å².